The first-order valence-electron chi connectivity index (χ1n) is 11.4. The van der Waals surface area contributed by atoms with Gasteiger partial charge in [0.05, 0.1) is 11.5 Å². The number of benzene rings is 2. The number of ketones is 1. The molecule has 178 valence electrons. The summed E-state index contributed by atoms with van der Waals surface area (Å²) in [6.07, 6.45) is 0.863. The topological polar surface area (TPSA) is 55.4 Å². The van der Waals surface area contributed by atoms with Crippen LogP contribution in [0.5, 0.6) is 0 Å². The Balaban J connectivity index is 1.72. The maximum absolute atomic E-state index is 15.0. The highest BCUT2D eigenvalue weighted by Gasteiger charge is 2.42. The van der Waals surface area contributed by atoms with E-state index in [1.807, 2.05) is 31.2 Å². The van der Waals surface area contributed by atoms with Crippen LogP contribution in [0.15, 0.2) is 71.1 Å². The molecule has 1 aliphatic carbocycles. The van der Waals surface area contributed by atoms with Gasteiger partial charge in [0.2, 0.25) is 0 Å². The van der Waals surface area contributed by atoms with Crippen LogP contribution in [0.25, 0.3) is 0 Å². The van der Waals surface area contributed by atoms with Crippen LogP contribution in [0.1, 0.15) is 49.7 Å². The fourth-order valence-electron chi connectivity index (χ4n) is 4.72. The Bertz CT molecular complexity index is 1160. The third-order valence-corrected chi connectivity index (χ3v) is 7.39. The van der Waals surface area contributed by atoms with E-state index in [0.29, 0.717) is 39.6 Å². The zero-order chi connectivity index (χ0) is 24.2. The lowest BCUT2D eigenvalue weighted by Crippen LogP contribution is -2.36. The predicted molar refractivity (Wildman–Crippen MR) is 134 cm³/mol. The average molecular weight is 500 g/mol. The Morgan fingerprint density at radius 1 is 1.18 bits per heavy atom. The number of ether oxygens (including phenoxy) is 1. The average Bonchev–Trinajstić information content (AvgIpc) is 2.81. The second-order valence-corrected chi connectivity index (χ2v) is 10.3. The third kappa shape index (κ3) is 5.08. The number of halogens is 2. The summed E-state index contributed by atoms with van der Waals surface area (Å²) in [6.45, 7) is 4.08. The summed E-state index contributed by atoms with van der Waals surface area (Å²) >= 11 is 7.71. The quantitative estimate of drug-likeness (QED) is 0.366. The first-order valence-corrected chi connectivity index (χ1v) is 12.9. The molecule has 2 aliphatic rings. The lowest BCUT2D eigenvalue weighted by Gasteiger charge is -2.36. The Labute approximate surface area is 208 Å². The molecule has 0 bridgehead atoms. The second-order valence-electron chi connectivity index (χ2n) is 8.42. The first-order chi connectivity index (χ1) is 16.4. The van der Waals surface area contributed by atoms with Crippen molar-refractivity contribution in [2.75, 3.05) is 18.1 Å². The number of thioether (sulfide) groups is 1. The molecule has 1 heterocycles. The Hall–Kier alpha value is -2.57. The molecule has 0 aromatic heterocycles. The number of hydrogen-bond acceptors (Lipinski definition) is 5. The Morgan fingerprint density at radius 3 is 2.62 bits per heavy atom. The van der Waals surface area contributed by atoms with E-state index >= 15 is 4.39 Å². The van der Waals surface area contributed by atoms with E-state index in [2.05, 4.69) is 5.32 Å². The summed E-state index contributed by atoms with van der Waals surface area (Å²) in [5.41, 5.74) is 3.40. The van der Waals surface area contributed by atoms with Gasteiger partial charge >= 0.3 is 5.97 Å². The number of carbonyl (C=O) groups is 2. The summed E-state index contributed by atoms with van der Waals surface area (Å²) in [7, 11) is 0. The van der Waals surface area contributed by atoms with E-state index in [9.17, 15) is 9.59 Å². The molecule has 0 unspecified atom stereocenters. The van der Waals surface area contributed by atoms with Crippen LogP contribution >= 0.6 is 23.4 Å². The lowest BCUT2D eigenvalue weighted by atomic mass is 9.71. The molecule has 7 heteroatoms. The van der Waals surface area contributed by atoms with Gasteiger partial charge in [-0.2, -0.15) is 11.8 Å². The molecule has 0 radical (unpaired) electrons. The highest BCUT2D eigenvalue weighted by molar-refractivity contribution is 7.99. The number of carbonyl (C=O) groups excluding carboxylic acids is 2. The highest BCUT2D eigenvalue weighted by Crippen LogP contribution is 2.46. The third-order valence-electron chi connectivity index (χ3n) is 6.27. The van der Waals surface area contributed by atoms with Crippen LogP contribution in [-0.4, -0.2) is 29.9 Å². The molecule has 0 saturated carbocycles. The molecule has 0 fully saturated rings. The van der Waals surface area contributed by atoms with Crippen molar-refractivity contribution in [2.45, 2.75) is 38.5 Å². The minimum absolute atomic E-state index is 0.0235. The normalized spacial score (nSPS) is 20.2. The maximum atomic E-state index is 15.0. The van der Waals surface area contributed by atoms with Crippen molar-refractivity contribution >= 4 is 35.1 Å². The molecule has 0 spiro atoms. The van der Waals surface area contributed by atoms with Crippen molar-refractivity contribution in [1.29, 1.82) is 0 Å². The molecule has 1 aliphatic heterocycles. The number of dihydropyridines is 1. The van der Waals surface area contributed by atoms with Crippen molar-refractivity contribution in [3.05, 3.63) is 93.0 Å². The SMILES string of the molecule is CCSCCOC(=O)C1=C(C)NC2=C(C(=O)C[C@H](c3ccc(Cl)cc3)C2)[C@@H]1c1ccccc1F. The Kier molecular flexibility index (Phi) is 7.79. The van der Waals surface area contributed by atoms with Gasteiger partial charge in [0.1, 0.15) is 12.4 Å². The number of nitrogens with one attached hydrogen (secondary N) is 1. The molecule has 2 aromatic rings. The summed E-state index contributed by atoms with van der Waals surface area (Å²) in [6, 6.07) is 13.8. The number of hydrogen-bond donors (Lipinski definition) is 1. The molecule has 1 N–H and O–H groups in total. The van der Waals surface area contributed by atoms with Crippen molar-refractivity contribution < 1.29 is 18.7 Å². The summed E-state index contributed by atoms with van der Waals surface area (Å²) in [5, 5.41) is 3.93. The van der Waals surface area contributed by atoms with Gasteiger partial charge in [-0.15, -0.1) is 0 Å². The van der Waals surface area contributed by atoms with Gasteiger partial charge in [-0.25, -0.2) is 9.18 Å². The van der Waals surface area contributed by atoms with Crippen LogP contribution in [0.4, 0.5) is 4.39 Å². The number of rotatable bonds is 7. The summed E-state index contributed by atoms with van der Waals surface area (Å²) in [4.78, 5) is 26.7. The molecular weight excluding hydrogens is 473 g/mol. The summed E-state index contributed by atoms with van der Waals surface area (Å²) in [5.74, 6) is -0.281. The number of esters is 1. The fourth-order valence-corrected chi connectivity index (χ4v) is 5.33. The van der Waals surface area contributed by atoms with Crippen molar-refractivity contribution in [1.82, 2.24) is 5.32 Å². The molecule has 2 atom stereocenters. The largest absolute Gasteiger partial charge is 0.461 e. The van der Waals surface area contributed by atoms with Crippen LogP contribution in [0.3, 0.4) is 0 Å². The van der Waals surface area contributed by atoms with Gasteiger partial charge in [0.25, 0.3) is 0 Å². The standard InChI is InChI=1S/C27H27ClFNO3S/c1-3-34-13-12-33-27(32)24-16(2)30-22-14-18(17-8-10-19(28)11-9-17)15-23(31)26(22)25(24)20-6-4-5-7-21(20)29/h4-11,18,25,30H,3,12-15H2,1-2H3/t18-,25-/m1/s1. The lowest BCUT2D eigenvalue weighted by molar-refractivity contribution is -0.138. The van der Waals surface area contributed by atoms with Crippen LogP contribution in [0, 0.1) is 5.82 Å². The van der Waals surface area contributed by atoms with Gasteiger partial charge in [-0.05, 0) is 48.8 Å². The molecule has 4 rings (SSSR count). The molecule has 0 amide bonds. The van der Waals surface area contributed by atoms with Gasteiger partial charge in [-0.3, -0.25) is 4.79 Å². The monoisotopic (exact) mass is 499 g/mol. The molecule has 34 heavy (non-hydrogen) atoms. The van der Waals surface area contributed by atoms with E-state index in [1.165, 1.54) is 6.07 Å². The zero-order valence-corrected chi connectivity index (χ0v) is 20.8. The van der Waals surface area contributed by atoms with E-state index < -0.39 is 17.7 Å². The van der Waals surface area contributed by atoms with E-state index in [1.54, 1.807) is 36.9 Å². The minimum atomic E-state index is -0.803. The number of allylic oxidation sites excluding steroid dienone is 3. The number of Topliss-reactive ketones (excluding diaryl/α,β-unsaturated/α-hetero) is 1. The molecule has 0 saturated heterocycles. The van der Waals surface area contributed by atoms with Gasteiger partial charge in [0.15, 0.2) is 5.78 Å². The van der Waals surface area contributed by atoms with E-state index in [-0.39, 0.29) is 24.7 Å². The molecule has 2 aromatic carbocycles. The van der Waals surface area contributed by atoms with Gasteiger partial charge < -0.3 is 10.1 Å². The molecule has 4 nitrogen and oxygen atoms in total. The van der Waals surface area contributed by atoms with Crippen molar-refractivity contribution in [3.8, 4) is 0 Å². The predicted octanol–water partition coefficient (Wildman–Crippen LogP) is 6.14. The van der Waals surface area contributed by atoms with E-state index in [0.717, 1.165) is 17.0 Å². The minimum Gasteiger partial charge on any atom is -0.461 e. The van der Waals surface area contributed by atoms with Gasteiger partial charge in [0, 0.05) is 39.7 Å². The fraction of sp³-hybridized carbons (Fsp3) is 0.333. The Morgan fingerprint density at radius 2 is 1.91 bits per heavy atom. The van der Waals surface area contributed by atoms with Crippen molar-refractivity contribution in [2.24, 2.45) is 0 Å². The maximum Gasteiger partial charge on any atom is 0.336 e. The summed E-state index contributed by atoms with van der Waals surface area (Å²) < 4.78 is 20.5. The smallest absolute Gasteiger partial charge is 0.336 e. The van der Waals surface area contributed by atoms with Crippen LogP contribution in [-0.2, 0) is 14.3 Å². The van der Waals surface area contributed by atoms with Crippen LogP contribution in [0.2, 0.25) is 5.02 Å². The van der Waals surface area contributed by atoms with E-state index in [4.69, 9.17) is 16.3 Å². The second kappa shape index (κ2) is 10.8. The first kappa shape index (κ1) is 24.6. The van der Waals surface area contributed by atoms with Crippen molar-refractivity contribution in [3.63, 3.8) is 0 Å². The van der Waals surface area contributed by atoms with Gasteiger partial charge in [-0.1, -0.05) is 48.9 Å². The molecular formula is C27H27ClFNO3S. The van der Waals surface area contributed by atoms with Crippen LogP contribution < -0.4 is 5.32 Å². The zero-order valence-electron chi connectivity index (χ0n) is 19.2. The highest BCUT2D eigenvalue weighted by atomic mass is 35.5.